The molecule has 0 aromatic rings. The summed E-state index contributed by atoms with van der Waals surface area (Å²) >= 11 is 0. The second kappa shape index (κ2) is 6.66. The van der Waals surface area contributed by atoms with Crippen molar-refractivity contribution in [2.24, 2.45) is 11.8 Å². The van der Waals surface area contributed by atoms with Gasteiger partial charge in [-0.25, -0.2) is 0 Å². The van der Waals surface area contributed by atoms with E-state index in [-0.39, 0.29) is 0 Å². The summed E-state index contributed by atoms with van der Waals surface area (Å²) in [5.74, 6) is 1.36. The van der Waals surface area contributed by atoms with E-state index in [0.717, 1.165) is 5.92 Å². The Balaban J connectivity index is 3.13. The zero-order valence-electron chi connectivity index (χ0n) is 8.14. The van der Waals surface area contributed by atoms with Crippen LogP contribution < -0.4 is 0 Å². The Bertz CT molecular complexity index is 70.9. The molecule has 0 aromatic heterocycles. The molecule has 0 aromatic carbocycles. The minimum absolute atomic E-state index is 0.348. The molecule has 0 heterocycles. The van der Waals surface area contributed by atoms with Crippen molar-refractivity contribution in [1.82, 2.24) is 0 Å². The summed E-state index contributed by atoms with van der Waals surface area (Å²) in [4.78, 5) is 0. The van der Waals surface area contributed by atoms with Crippen molar-refractivity contribution in [3.63, 3.8) is 0 Å². The first-order valence-electron chi connectivity index (χ1n) is 4.81. The zero-order chi connectivity index (χ0) is 8.69. The zero-order valence-corrected chi connectivity index (χ0v) is 8.14. The first-order chi connectivity index (χ1) is 5.20. The van der Waals surface area contributed by atoms with Crippen molar-refractivity contribution in [2.75, 3.05) is 6.61 Å². The Morgan fingerprint density at radius 3 is 2.09 bits per heavy atom. The predicted molar refractivity (Wildman–Crippen MR) is 49.6 cm³/mol. The molecule has 0 aliphatic heterocycles. The maximum atomic E-state index is 8.76. The molecule has 2 atom stereocenters. The van der Waals surface area contributed by atoms with Gasteiger partial charge in [0.15, 0.2) is 0 Å². The minimum atomic E-state index is 0.348. The lowest BCUT2D eigenvalue weighted by atomic mass is 9.98. The number of hydrogen-bond acceptors (Lipinski definition) is 1. The highest BCUT2D eigenvalue weighted by atomic mass is 16.3. The lowest BCUT2D eigenvalue weighted by molar-refractivity contribution is 0.225. The molecular formula is C10H22O. The van der Waals surface area contributed by atoms with E-state index in [4.69, 9.17) is 5.11 Å². The van der Waals surface area contributed by atoms with Gasteiger partial charge in [-0.1, -0.05) is 40.0 Å². The first kappa shape index (κ1) is 11.0. The van der Waals surface area contributed by atoms with Gasteiger partial charge in [0, 0.05) is 6.61 Å². The summed E-state index contributed by atoms with van der Waals surface area (Å²) in [6, 6.07) is 0. The van der Waals surface area contributed by atoms with Crippen molar-refractivity contribution in [2.45, 2.75) is 46.5 Å². The third kappa shape index (κ3) is 6.36. The summed E-state index contributed by atoms with van der Waals surface area (Å²) in [6.07, 6.45) is 5.06. The lowest BCUT2D eigenvalue weighted by Gasteiger charge is -2.10. The lowest BCUT2D eigenvalue weighted by Crippen LogP contribution is -2.01. The number of aliphatic hydroxyl groups is 1. The predicted octanol–water partition coefficient (Wildman–Crippen LogP) is 2.83. The molecule has 1 N–H and O–H groups in total. The molecule has 0 aliphatic rings. The summed E-state index contributed by atoms with van der Waals surface area (Å²) < 4.78 is 0. The van der Waals surface area contributed by atoms with Crippen LogP contribution in [0.15, 0.2) is 0 Å². The molecule has 0 bridgehead atoms. The molecule has 0 radical (unpaired) electrons. The second-order valence-corrected chi connectivity index (χ2v) is 3.73. The van der Waals surface area contributed by atoms with E-state index in [0.29, 0.717) is 12.5 Å². The van der Waals surface area contributed by atoms with Crippen molar-refractivity contribution in [1.29, 1.82) is 0 Å². The summed E-state index contributed by atoms with van der Waals surface area (Å²) in [5.41, 5.74) is 0. The standard InChI is InChI=1S/C10H22O/c1-4-9(2)6-5-7-10(3)8-11/h9-11H,4-8H2,1-3H3/t9-,10?/m1/s1. The molecule has 0 saturated carbocycles. The molecular weight excluding hydrogens is 136 g/mol. The van der Waals surface area contributed by atoms with Crippen LogP contribution >= 0.6 is 0 Å². The molecule has 1 nitrogen and oxygen atoms in total. The molecule has 0 rings (SSSR count). The molecule has 0 aliphatic carbocycles. The van der Waals surface area contributed by atoms with Gasteiger partial charge < -0.3 is 5.11 Å². The van der Waals surface area contributed by atoms with E-state index >= 15 is 0 Å². The van der Waals surface area contributed by atoms with Crippen LogP contribution in [-0.4, -0.2) is 11.7 Å². The van der Waals surface area contributed by atoms with Crippen molar-refractivity contribution < 1.29 is 5.11 Å². The van der Waals surface area contributed by atoms with Crippen LogP contribution in [0, 0.1) is 11.8 Å². The van der Waals surface area contributed by atoms with E-state index in [1.165, 1.54) is 25.7 Å². The van der Waals surface area contributed by atoms with Crippen LogP contribution in [0.2, 0.25) is 0 Å². The fourth-order valence-electron chi connectivity index (χ4n) is 1.11. The fourth-order valence-corrected chi connectivity index (χ4v) is 1.11. The third-order valence-corrected chi connectivity index (χ3v) is 2.40. The maximum absolute atomic E-state index is 8.76. The van der Waals surface area contributed by atoms with Gasteiger partial charge in [0.1, 0.15) is 0 Å². The average molecular weight is 158 g/mol. The van der Waals surface area contributed by atoms with E-state index in [2.05, 4.69) is 20.8 Å². The first-order valence-corrected chi connectivity index (χ1v) is 4.81. The quantitative estimate of drug-likeness (QED) is 0.630. The van der Waals surface area contributed by atoms with Gasteiger partial charge in [0.25, 0.3) is 0 Å². The highest BCUT2D eigenvalue weighted by Gasteiger charge is 2.02. The number of hydrogen-bond donors (Lipinski definition) is 1. The number of aliphatic hydroxyl groups excluding tert-OH is 1. The Hall–Kier alpha value is -0.0400. The minimum Gasteiger partial charge on any atom is -0.396 e. The smallest absolute Gasteiger partial charge is 0.0456 e. The third-order valence-electron chi connectivity index (χ3n) is 2.40. The van der Waals surface area contributed by atoms with Crippen molar-refractivity contribution in [3.05, 3.63) is 0 Å². The van der Waals surface area contributed by atoms with Crippen molar-refractivity contribution in [3.8, 4) is 0 Å². The topological polar surface area (TPSA) is 20.2 Å². The van der Waals surface area contributed by atoms with Crippen LogP contribution in [0.25, 0.3) is 0 Å². The highest BCUT2D eigenvalue weighted by molar-refractivity contribution is 4.54. The Morgan fingerprint density at radius 1 is 1.09 bits per heavy atom. The molecule has 0 fully saturated rings. The van der Waals surface area contributed by atoms with E-state index in [1.54, 1.807) is 0 Å². The monoisotopic (exact) mass is 158 g/mol. The molecule has 1 heteroatoms. The molecule has 11 heavy (non-hydrogen) atoms. The van der Waals surface area contributed by atoms with Gasteiger partial charge in [0.2, 0.25) is 0 Å². The van der Waals surface area contributed by atoms with Crippen LogP contribution in [0.5, 0.6) is 0 Å². The molecule has 0 saturated heterocycles. The number of rotatable bonds is 6. The Morgan fingerprint density at radius 2 is 1.64 bits per heavy atom. The van der Waals surface area contributed by atoms with E-state index in [9.17, 15) is 0 Å². The summed E-state index contributed by atoms with van der Waals surface area (Å²) in [7, 11) is 0. The molecule has 0 amide bonds. The molecule has 0 spiro atoms. The van der Waals surface area contributed by atoms with Gasteiger partial charge >= 0.3 is 0 Å². The Kier molecular flexibility index (Phi) is 6.63. The SMILES string of the molecule is CC[C@@H](C)CCCC(C)CO. The summed E-state index contributed by atoms with van der Waals surface area (Å²) in [5, 5.41) is 8.76. The summed E-state index contributed by atoms with van der Waals surface area (Å²) in [6.45, 7) is 6.99. The largest absolute Gasteiger partial charge is 0.396 e. The average Bonchev–Trinajstić information content (AvgIpc) is 2.04. The van der Waals surface area contributed by atoms with Crippen LogP contribution in [-0.2, 0) is 0 Å². The maximum Gasteiger partial charge on any atom is 0.0456 e. The normalized spacial score (nSPS) is 16.4. The fraction of sp³-hybridized carbons (Fsp3) is 1.00. The molecule has 1 unspecified atom stereocenters. The van der Waals surface area contributed by atoms with Gasteiger partial charge in [-0.2, -0.15) is 0 Å². The molecule has 68 valence electrons. The highest BCUT2D eigenvalue weighted by Crippen LogP contribution is 2.14. The second-order valence-electron chi connectivity index (χ2n) is 3.73. The van der Waals surface area contributed by atoms with Crippen LogP contribution in [0.3, 0.4) is 0 Å². The van der Waals surface area contributed by atoms with Crippen LogP contribution in [0.1, 0.15) is 46.5 Å². The van der Waals surface area contributed by atoms with E-state index < -0.39 is 0 Å². The Labute approximate surface area is 70.8 Å². The van der Waals surface area contributed by atoms with E-state index in [1.807, 2.05) is 0 Å². The van der Waals surface area contributed by atoms with Gasteiger partial charge in [-0.3, -0.25) is 0 Å². The van der Waals surface area contributed by atoms with Gasteiger partial charge in [-0.15, -0.1) is 0 Å². The van der Waals surface area contributed by atoms with Crippen LogP contribution in [0.4, 0.5) is 0 Å². The van der Waals surface area contributed by atoms with Gasteiger partial charge in [0.05, 0.1) is 0 Å². The van der Waals surface area contributed by atoms with Gasteiger partial charge in [-0.05, 0) is 18.3 Å². The van der Waals surface area contributed by atoms with Crippen molar-refractivity contribution >= 4 is 0 Å².